The number of para-hydroxylation sites is 1. The van der Waals surface area contributed by atoms with Crippen molar-refractivity contribution in [3.05, 3.63) is 35.1 Å². The number of nitrogens with zero attached hydrogens (tertiary/aromatic N) is 1. The molecular formula is C10H14NY-. The predicted octanol–water partition coefficient (Wildman–Crippen LogP) is 3.27. The second-order valence-electron chi connectivity index (χ2n) is 2.46. The van der Waals surface area contributed by atoms with E-state index >= 15 is 0 Å². The third kappa shape index (κ3) is 3.24. The molecule has 0 N–H and O–H groups in total. The summed E-state index contributed by atoms with van der Waals surface area (Å²) in [5.41, 5.74) is 2.49. The van der Waals surface area contributed by atoms with Crippen LogP contribution in [0.5, 0.6) is 0 Å². The summed E-state index contributed by atoms with van der Waals surface area (Å²) in [6.07, 6.45) is 1.07. The molecule has 0 aromatic heterocycles. The fourth-order valence-corrected chi connectivity index (χ4v) is 1.13. The Kier molecular flexibility index (Phi) is 6.69. The van der Waals surface area contributed by atoms with Crippen molar-refractivity contribution in [3.8, 4) is 0 Å². The van der Waals surface area contributed by atoms with Crippen molar-refractivity contribution in [2.75, 3.05) is 6.54 Å². The number of benzene rings is 1. The van der Waals surface area contributed by atoms with Crippen LogP contribution < -0.4 is 0 Å². The summed E-state index contributed by atoms with van der Waals surface area (Å²) in [6.45, 7) is 5.09. The molecule has 2 heteroatoms. The van der Waals surface area contributed by atoms with Gasteiger partial charge in [0.1, 0.15) is 0 Å². The molecule has 0 fully saturated rings. The molecule has 0 bridgehead atoms. The van der Waals surface area contributed by atoms with Crippen LogP contribution in [0.2, 0.25) is 0 Å². The average Bonchev–Trinajstić information content (AvgIpc) is 2.06. The standard InChI is InChI=1S/C10H14N.Y/c1-3-9-7-5-6-8-10(9)11-4-2;/h5-8H,3-4H2,1-2H3;/q-1;. The quantitative estimate of drug-likeness (QED) is 0.766. The molecule has 1 aromatic carbocycles. The predicted molar refractivity (Wildman–Crippen MR) is 49.4 cm³/mol. The molecule has 0 amide bonds. The van der Waals surface area contributed by atoms with Gasteiger partial charge in [0.05, 0.1) is 0 Å². The van der Waals surface area contributed by atoms with Gasteiger partial charge in [-0.3, -0.25) is 0 Å². The maximum Gasteiger partial charge on any atom is 0 e. The van der Waals surface area contributed by atoms with Crippen molar-refractivity contribution >= 4 is 5.69 Å². The van der Waals surface area contributed by atoms with Gasteiger partial charge in [0.15, 0.2) is 0 Å². The van der Waals surface area contributed by atoms with Gasteiger partial charge >= 0.3 is 0 Å². The second-order valence-corrected chi connectivity index (χ2v) is 2.46. The van der Waals surface area contributed by atoms with Crippen molar-refractivity contribution < 1.29 is 32.7 Å². The van der Waals surface area contributed by atoms with Gasteiger partial charge < -0.3 is 5.32 Å². The zero-order valence-electron chi connectivity index (χ0n) is 7.75. The minimum atomic E-state index is 0. The first-order chi connectivity index (χ1) is 5.38. The minimum absolute atomic E-state index is 0. The van der Waals surface area contributed by atoms with E-state index in [1.165, 1.54) is 5.56 Å². The normalized spacial score (nSPS) is 8.83. The van der Waals surface area contributed by atoms with Gasteiger partial charge in [0.25, 0.3) is 0 Å². The third-order valence-electron chi connectivity index (χ3n) is 1.70. The Morgan fingerprint density at radius 2 is 1.83 bits per heavy atom. The molecule has 0 aliphatic heterocycles. The van der Waals surface area contributed by atoms with E-state index in [0.29, 0.717) is 0 Å². The SMILES string of the molecule is CC[N-]c1ccccc1CC.[Y]. The van der Waals surface area contributed by atoms with E-state index in [2.05, 4.69) is 37.4 Å². The average molecular weight is 237 g/mol. The first-order valence-electron chi connectivity index (χ1n) is 4.13. The molecule has 0 unspecified atom stereocenters. The maximum atomic E-state index is 4.38. The van der Waals surface area contributed by atoms with Crippen LogP contribution in [0.4, 0.5) is 5.69 Å². The molecular weight excluding hydrogens is 223 g/mol. The van der Waals surface area contributed by atoms with Crippen molar-refractivity contribution in [1.82, 2.24) is 0 Å². The van der Waals surface area contributed by atoms with Gasteiger partial charge in [-0.05, 0) is 6.42 Å². The fraction of sp³-hybridized carbons (Fsp3) is 0.400. The van der Waals surface area contributed by atoms with Crippen LogP contribution in [0.25, 0.3) is 5.32 Å². The van der Waals surface area contributed by atoms with Gasteiger partial charge in [-0.2, -0.15) is 0 Å². The number of rotatable bonds is 3. The van der Waals surface area contributed by atoms with Gasteiger partial charge in [-0.25, -0.2) is 0 Å². The first-order valence-corrected chi connectivity index (χ1v) is 4.13. The van der Waals surface area contributed by atoms with Crippen molar-refractivity contribution in [1.29, 1.82) is 0 Å². The molecule has 12 heavy (non-hydrogen) atoms. The Balaban J connectivity index is 0.00000121. The molecule has 0 heterocycles. The van der Waals surface area contributed by atoms with E-state index in [4.69, 9.17) is 0 Å². The molecule has 0 saturated carbocycles. The van der Waals surface area contributed by atoms with Gasteiger partial charge in [0.2, 0.25) is 0 Å². The topological polar surface area (TPSA) is 14.1 Å². The first kappa shape index (κ1) is 12.1. The summed E-state index contributed by atoms with van der Waals surface area (Å²) in [6, 6.07) is 8.30. The molecule has 1 aromatic rings. The monoisotopic (exact) mass is 237 g/mol. The summed E-state index contributed by atoms with van der Waals surface area (Å²) >= 11 is 0. The Morgan fingerprint density at radius 3 is 2.42 bits per heavy atom. The van der Waals surface area contributed by atoms with Crippen molar-refractivity contribution in [2.45, 2.75) is 20.3 Å². The molecule has 63 valence electrons. The number of hydrogen-bond acceptors (Lipinski definition) is 0. The molecule has 0 atom stereocenters. The maximum absolute atomic E-state index is 4.38. The number of hydrogen-bond donors (Lipinski definition) is 0. The summed E-state index contributed by atoms with van der Waals surface area (Å²) in [5, 5.41) is 4.38. The summed E-state index contributed by atoms with van der Waals surface area (Å²) in [4.78, 5) is 0. The van der Waals surface area contributed by atoms with Crippen molar-refractivity contribution in [3.63, 3.8) is 0 Å². The summed E-state index contributed by atoms with van der Waals surface area (Å²) in [5.74, 6) is 0. The molecule has 1 radical (unpaired) electrons. The van der Waals surface area contributed by atoms with Crippen LogP contribution in [0.3, 0.4) is 0 Å². The van der Waals surface area contributed by atoms with Crippen LogP contribution in [-0.4, -0.2) is 6.54 Å². The fourth-order valence-electron chi connectivity index (χ4n) is 1.13. The van der Waals surface area contributed by atoms with Crippen LogP contribution >= 0.6 is 0 Å². The van der Waals surface area contributed by atoms with Crippen molar-refractivity contribution in [2.24, 2.45) is 0 Å². The zero-order chi connectivity index (χ0) is 8.10. The van der Waals surface area contributed by atoms with Crippen LogP contribution in [0.1, 0.15) is 19.4 Å². The Bertz CT molecular complexity index is 223. The van der Waals surface area contributed by atoms with Crippen LogP contribution in [0.15, 0.2) is 24.3 Å². The van der Waals surface area contributed by atoms with E-state index in [-0.39, 0.29) is 32.7 Å². The van der Waals surface area contributed by atoms with E-state index in [1.807, 2.05) is 6.07 Å². The van der Waals surface area contributed by atoms with Crippen LogP contribution in [-0.2, 0) is 39.1 Å². The van der Waals surface area contributed by atoms with Gasteiger partial charge in [-0.1, -0.05) is 43.7 Å². The summed E-state index contributed by atoms with van der Waals surface area (Å²) in [7, 11) is 0. The minimum Gasteiger partial charge on any atom is -0.684 e. The third-order valence-corrected chi connectivity index (χ3v) is 1.70. The smallest absolute Gasteiger partial charge is 0 e. The molecule has 0 spiro atoms. The molecule has 0 aliphatic rings. The Morgan fingerprint density at radius 1 is 1.17 bits per heavy atom. The number of aryl methyl sites for hydroxylation is 1. The molecule has 1 rings (SSSR count). The second kappa shape index (κ2) is 6.62. The van der Waals surface area contributed by atoms with E-state index in [9.17, 15) is 0 Å². The van der Waals surface area contributed by atoms with E-state index < -0.39 is 0 Å². The van der Waals surface area contributed by atoms with Gasteiger partial charge in [0, 0.05) is 32.7 Å². The summed E-state index contributed by atoms with van der Waals surface area (Å²) < 4.78 is 0. The Hall–Kier alpha value is 0.124. The molecule has 1 nitrogen and oxygen atoms in total. The van der Waals surface area contributed by atoms with E-state index in [0.717, 1.165) is 18.7 Å². The largest absolute Gasteiger partial charge is 0.684 e. The molecule has 0 aliphatic carbocycles. The Labute approximate surface area is 99.8 Å². The van der Waals surface area contributed by atoms with Gasteiger partial charge in [-0.15, -0.1) is 12.2 Å². The zero-order valence-corrected chi connectivity index (χ0v) is 10.6. The molecule has 0 saturated heterocycles. The van der Waals surface area contributed by atoms with Crippen LogP contribution in [0, 0.1) is 0 Å². The van der Waals surface area contributed by atoms with E-state index in [1.54, 1.807) is 0 Å².